The first-order valence-electron chi connectivity index (χ1n) is 3.38. The molecule has 13 heavy (non-hydrogen) atoms. The van der Waals surface area contributed by atoms with Gasteiger partial charge in [-0.2, -0.15) is 17.6 Å². The molecule has 3 nitrogen and oxygen atoms in total. The predicted molar refractivity (Wildman–Crippen MR) is 33.8 cm³/mol. The second-order valence-corrected chi connectivity index (χ2v) is 2.25. The van der Waals surface area contributed by atoms with E-state index in [2.05, 4.69) is 4.74 Å². The molecule has 7 heteroatoms. The third-order valence-electron chi connectivity index (χ3n) is 1.14. The Bertz CT molecular complexity index is 191. The van der Waals surface area contributed by atoms with Crippen molar-refractivity contribution < 1.29 is 32.2 Å². The zero-order valence-corrected chi connectivity index (χ0v) is 6.69. The van der Waals surface area contributed by atoms with Gasteiger partial charge in [0.05, 0.1) is 6.61 Å². The fourth-order valence-corrected chi connectivity index (χ4v) is 0.508. The molecule has 0 aliphatic rings. The van der Waals surface area contributed by atoms with Crippen molar-refractivity contribution in [2.45, 2.75) is 25.4 Å². The largest absolute Gasteiger partial charge is 0.477 e. The van der Waals surface area contributed by atoms with Crippen LogP contribution in [0.15, 0.2) is 0 Å². The van der Waals surface area contributed by atoms with Gasteiger partial charge in [-0.3, -0.25) is 0 Å². The Balaban J connectivity index is 4.64. The van der Waals surface area contributed by atoms with Crippen LogP contribution in [-0.2, 0) is 9.53 Å². The Morgan fingerprint density at radius 2 is 1.85 bits per heavy atom. The molecule has 0 saturated heterocycles. The highest BCUT2D eigenvalue weighted by molar-refractivity contribution is 5.76. The number of alkyl halides is 4. The first-order valence-corrected chi connectivity index (χ1v) is 3.38. The van der Waals surface area contributed by atoms with Gasteiger partial charge < -0.3 is 9.84 Å². The van der Waals surface area contributed by atoms with Crippen LogP contribution in [0, 0.1) is 0 Å². The van der Waals surface area contributed by atoms with Crippen molar-refractivity contribution >= 4 is 5.97 Å². The van der Waals surface area contributed by atoms with Crippen LogP contribution >= 0.6 is 0 Å². The van der Waals surface area contributed by atoms with E-state index >= 15 is 0 Å². The number of halogens is 4. The van der Waals surface area contributed by atoms with Crippen LogP contribution in [0.3, 0.4) is 0 Å². The van der Waals surface area contributed by atoms with Crippen LogP contribution < -0.4 is 0 Å². The Labute approximate surface area is 71.3 Å². The molecule has 0 heterocycles. The predicted octanol–water partition coefficient (Wildman–Crippen LogP) is 1.73. The average molecular weight is 204 g/mol. The molecule has 0 aromatic carbocycles. The smallest absolute Gasteiger partial charge is 0.460 e. The number of aliphatic carboxylic acids is 1. The fourth-order valence-electron chi connectivity index (χ4n) is 0.508. The minimum atomic E-state index is -5.56. The zero-order chi connectivity index (χ0) is 10.7. The Morgan fingerprint density at radius 3 is 2.08 bits per heavy atom. The summed E-state index contributed by atoms with van der Waals surface area (Å²) in [5.41, 5.74) is 0. The Kier molecular flexibility index (Phi) is 3.65. The summed E-state index contributed by atoms with van der Waals surface area (Å²) in [7, 11) is 0. The molecule has 0 aromatic heterocycles. The standard InChI is InChI=1S/C6H8F4O3/c1-2-3-13-5(7,4(11)12)6(8,9)10/h2-3H2,1H3,(H,11,12). The lowest BCUT2D eigenvalue weighted by Gasteiger charge is -2.22. The van der Waals surface area contributed by atoms with E-state index in [4.69, 9.17) is 5.11 Å². The summed E-state index contributed by atoms with van der Waals surface area (Å²) in [4.78, 5) is 9.95. The van der Waals surface area contributed by atoms with Crippen molar-refractivity contribution in [3.63, 3.8) is 0 Å². The third kappa shape index (κ3) is 2.55. The van der Waals surface area contributed by atoms with Gasteiger partial charge in [0.1, 0.15) is 0 Å². The van der Waals surface area contributed by atoms with Gasteiger partial charge in [0, 0.05) is 0 Å². The highest BCUT2D eigenvalue weighted by Crippen LogP contribution is 2.35. The maximum absolute atomic E-state index is 12.7. The lowest BCUT2D eigenvalue weighted by Crippen LogP contribution is -2.50. The van der Waals surface area contributed by atoms with E-state index in [1.165, 1.54) is 6.92 Å². The first kappa shape index (κ1) is 12.2. The molecule has 0 radical (unpaired) electrons. The molecule has 0 aromatic rings. The number of hydrogen-bond donors (Lipinski definition) is 1. The van der Waals surface area contributed by atoms with Gasteiger partial charge in [-0.15, -0.1) is 0 Å². The quantitative estimate of drug-likeness (QED) is 0.709. The summed E-state index contributed by atoms with van der Waals surface area (Å²) in [6.07, 6.45) is -5.47. The van der Waals surface area contributed by atoms with E-state index in [1.54, 1.807) is 0 Å². The van der Waals surface area contributed by atoms with E-state index in [0.717, 1.165) is 0 Å². The van der Waals surface area contributed by atoms with Crippen molar-refractivity contribution in [2.75, 3.05) is 6.61 Å². The van der Waals surface area contributed by atoms with Crippen molar-refractivity contribution in [3.05, 3.63) is 0 Å². The highest BCUT2D eigenvalue weighted by Gasteiger charge is 2.64. The molecule has 0 aliphatic heterocycles. The number of hydrogen-bond acceptors (Lipinski definition) is 2. The molecule has 0 spiro atoms. The minimum Gasteiger partial charge on any atom is -0.477 e. The number of ether oxygens (including phenoxy) is 1. The number of carbonyl (C=O) groups is 1. The third-order valence-corrected chi connectivity index (χ3v) is 1.14. The van der Waals surface area contributed by atoms with E-state index in [0.29, 0.717) is 0 Å². The summed E-state index contributed by atoms with van der Waals surface area (Å²) < 4.78 is 51.7. The second kappa shape index (κ2) is 3.91. The monoisotopic (exact) mass is 204 g/mol. The van der Waals surface area contributed by atoms with Crippen LogP contribution in [0.2, 0.25) is 0 Å². The first-order chi connectivity index (χ1) is 5.75. The molecule has 1 unspecified atom stereocenters. The number of carboxylic acids is 1. The molecule has 0 aliphatic carbocycles. The van der Waals surface area contributed by atoms with Gasteiger partial charge in [-0.05, 0) is 6.42 Å². The van der Waals surface area contributed by atoms with Gasteiger partial charge in [-0.1, -0.05) is 6.92 Å². The van der Waals surface area contributed by atoms with Crippen molar-refractivity contribution in [1.29, 1.82) is 0 Å². The molecule has 1 N–H and O–H groups in total. The summed E-state index contributed by atoms with van der Waals surface area (Å²) in [6.45, 7) is 0.820. The van der Waals surface area contributed by atoms with Gasteiger partial charge in [0.15, 0.2) is 0 Å². The van der Waals surface area contributed by atoms with Crippen LogP contribution in [0.5, 0.6) is 0 Å². The number of carboxylic acid groups (broad SMARTS) is 1. The maximum Gasteiger partial charge on any atom is 0.460 e. The minimum absolute atomic E-state index is 0.0923. The second-order valence-electron chi connectivity index (χ2n) is 2.25. The lowest BCUT2D eigenvalue weighted by atomic mass is 10.3. The molecule has 0 amide bonds. The zero-order valence-electron chi connectivity index (χ0n) is 6.69. The lowest BCUT2D eigenvalue weighted by molar-refractivity contribution is -0.322. The van der Waals surface area contributed by atoms with Gasteiger partial charge >= 0.3 is 18.0 Å². The maximum atomic E-state index is 12.7. The van der Waals surface area contributed by atoms with E-state index in [9.17, 15) is 22.4 Å². The summed E-state index contributed by atoms with van der Waals surface area (Å²) in [5, 5.41) is 7.97. The molecule has 0 bridgehead atoms. The van der Waals surface area contributed by atoms with Gasteiger partial charge in [-0.25, -0.2) is 4.79 Å². The molecular weight excluding hydrogens is 196 g/mol. The normalized spacial score (nSPS) is 16.7. The molecule has 1 atom stereocenters. The summed E-state index contributed by atoms with van der Waals surface area (Å²) >= 11 is 0. The highest BCUT2D eigenvalue weighted by atomic mass is 19.4. The van der Waals surface area contributed by atoms with Crippen molar-refractivity contribution in [3.8, 4) is 0 Å². The van der Waals surface area contributed by atoms with E-state index < -0.39 is 24.6 Å². The van der Waals surface area contributed by atoms with E-state index in [-0.39, 0.29) is 6.42 Å². The average Bonchev–Trinajstić information content (AvgIpc) is 1.97. The summed E-state index contributed by atoms with van der Waals surface area (Å²) in [6, 6.07) is 0. The van der Waals surface area contributed by atoms with Crippen LogP contribution in [0.25, 0.3) is 0 Å². The Hall–Kier alpha value is -0.850. The van der Waals surface area contributed by atoms with Crippen LogP contribution in [-0.4, -0.2) is 29.7 Å². The van der Waals surface area contributed by atoms with Crippen molar-refractivity contribution in [2.24, 2.45) is 0 Å². The van der Waals surface area contributed by atoms with Crippen LogP contribution in [0.4, 0.5) is 17.6 Å². The van der Waals surface area contributed by atoms with Crippen LogP contribution in [0.1, 0.15) is 13.3 Å². The molecule has 0 saturated carbocycles. The van der Waals surface area contributed by atoms with Gasteiger partial charge in [0.2, 0.25) is 0 Å². The van der Waals surface area contributed by atoms with Crippen molar-refractivity contribution in [1.82, 2.24) is 0 Å². The van der Waals surface area contributed by atoms with E-state index in [1.807, 2.05) is 0 Å². The fraction of sp³-hybridized carbons (Fsp3) is 0.833. The Morgan fingerprint density at radius 1 is 1.38 bits per heavy atom. The molecule has 78 valence electrons. The molecule has 0 fully saturated rings. The summed E-state index contributed by atoms with van der Waals surface area (Å²) in [5.74, 6) is -7.28. The molecular formula is C6H8F4O3. The molecule has 0 rings (SSSR count). The topological polar surface area (TPSA) is 46.5 Å². The van der Waals surface area contributed by atoms with Gasteiger partial charge in [0.25, 0.3) is 0 Å². The SMILES string of the molecule is CCCOC(F)(C(=O)O)C(F)(F)F. The number of rotatable bonds is 4.